The van der Waals surface area contributed by atoms with Crippen molar-refractivity contribution in [2.75, 3.05) is 0 Å². The number of nitrogens with zero attached hydrogens (tertiary/aromatic N) is 1. The molecule has 21 heavy (non-hydrogen) atoms. The van der Waals surface area contributed by atoms with Crippen LogP contribution < -0.4 is 5.32 Å². The fraction of sp³-hybridized carbons (Fsp3) is 0.357. The highest BCUT2D eigenvalue weighted by Crippen LogP contribution is 2.25. The van der Waals surface area contributed by atoms with Gasteiger partial charge in [0.1, 0.15) is 6.04 Å². The summed E-state index contributed by atoms with van der Waals surface area (Å²) in [5.41, 5.74) is 0.904. The maximum Gasteiger partial charge on any atom is 0.326 e. The van der Waals surface area contributed by atoms with Gasteiger partial charge in [-0.25, -0.2) is 9.78 Å². The van der Waals surface area contributed by atoms with E-state index >= 15 is 0 Å². The maximum absolute atomic E-state index is 11.8. The van der Waals surface area contributed by atoms with E-state index in [0.717, 1.165) is 19.7 Å². The summed E-state index contributed by atoms with van der Waals surface area (Å²) >= 11 is 4.95. The Morgan fingerprint density at radius 3 is 2.90 bits per heavy atom. The Labute approximate surface area is 134 Å². The van der Waals surface area contributed by atoms with Crippen molar-refractivity contribution in [1.82, 2.24) is 10.3 Å². The van der Waals surface area contributed by atoms with Gasteiger partial charge in [-0.15, -0.1) is 11.3 Å². The number of halogens is 1. The minimum atomic E-state index is -1.00. The number of carbonyl (C=O) groups is 2. The van der Waals surface area contributed by atoms with Gasteiger partial charge < -0.3 is 10.4 Å². The maximum atomic E-state index is 11.8. The first-order chi connectivity index (χ1) is 9.99. The summed E-state index contributed by atoms with van der Waals surface area (Å²) in [4.78, 5) is 27.1. The highest BCUT2D eigenvalue weighted by Gasteiger charge is 2.17. The summed E-state index contributed by atoms with van der Waals surface area (Å²) in [6.07, 6.45) is 1.12. The number of carboxylic acid groups (broad SMARTS) is 1. The zero-order valence-corrected chi connectivity index (χ0v) is 13.8. The van der Waals surface area contributed by atoms with Crippen molar-refractivity contribution in [3.63, 3.8) is 0 Å². The van der Waals surface area contributed by atoms with Gasteiger partial charge in [0.25, 0.3) is 0 Å². The molecule has 0 saturated heterocycles. The molecule has 1 heterocycles. The van der Waals surface area contributed by atoms with E-state index in [9.17, 15) is 9.59 Å². The summed E-state index contributed by atoms with van der Waals surface area (Å²) in [6.45, 7) is 1.73. The smallest absolute Gasteiger partial charge is 0.326 e. The van der Waals surface area contributed by atoms with Crippen molar-refractivity contribution in [1.29, 1.82) is 0 Å². The molecule has 0 radical (unpaired) electrons. The topological polar surface area (TPSA) is 79.3 Å². The summed E-state index contributed by atoms with van der Waals surface area (Å²) in [6, 6.07) is 5.06. The fourth-order valence-electron chi connectivity index (χ4n) is 1.88. The van der Waals surface area contributed by atoms with Crippen molar-refractivity contribution in [2.45, 2.75) is 32.2 Å². The van der Waals surface area contributed by atoms with Crippen molar-refractivity contribution in [3.05, 3.63) is 27.7 Å². The molecule has 0 aliphatic heterocycles. The quantitative estimate of drug-likeness (QED) is 0.818. The van der Waals surface area contributed by atoms with Crippen molar-refractivity contribution < 1.29 is 14.7 Å². The molecule has 1 aromatic carbocycles. The molecule has 0 saturated carbocycles. The minimum absolute atomic E-state index is 0.241. The van der Waals surface area contributed by atoms with Crippen LogP contribution in [0.5, 0.6) is 0 Å². The molecule has 1 unspecified atom stereocenters. The lowest BCUT2D eigenvalue weighted by Gasteiger charge is -2.11. The van der Waals surface area contributed by atoms with E-state index in [4.69, 9.17) is 5.11 Å². The van der Waals surface area contributed by atoms with Crippen LogP contribution in [0.4, 0.5) is 0 Å². The summed E-state index contributed by atoms with van der Waals surface area (Å²) < 4.78 is 2.04. The third-order valence-corrected chi connectivity index (χ3v) is 4.59. The third-order valence-electron chi connectivity index (χ3n) is 3.00. The molecular formula is C14H15BrN2O3S. The lowest BCUT2D eigenvalue weighted by atomic mass is 10.2. The molecule has 2 N–H and O–H groups in total. The summed E-state index contributed by atoms with van der Waals surface area (Å²) in [5, 5.41) is 12.3. The van der Waals surface area contributed by atoms with E-state index in [2.05, 4.69) is 26.2 Å². The number of benzene rings is 1. The Bertz CT molecular complexity index is 671. The normalized spacial score (nSPS) is 12.3. The number of aliphatic carboxylic acids is 1. The van der Waals surface area contributed by atoms with Crippen LogP contribution in [0.3, 0.4) is 0 Å². The van der Waals surface area contributed by atoms with Crippen molar-refractivity contribution in [3.8, 4) is 0 Å². The lowest BCUT2D eigenvalue weighted by molar-refractivity contribution is -0.141. The van der Waals surface area contributed by atoms with Crippen LogP contribution in [-0.4, -0.2) is 28.0 Å². The summed E-state index contributed by atoms with van der Waals surface area (Å²) in [5.74, 6) is -1.26. The number of carbonyl (C=O) groups excluding carboxylic acids is 1. The van der Waals surface area contributed by atoms with Crippen LogP contribution in [0.15, 0.2) is 22.7 Å². The Morgan fingerprint density at radius 1 is 1.48 bits per heavy atom. The molecule has 0 aliphatic rings. The SMILES string of the molecule is CCC(NC(=O)CCc1nc2cc(Br)ccc2s1)C(=O)O. The molecule has 7 heteroatoms. The molecule has 112 valence electrons. The number of fused-ring (bicyclic) bond motifs is 1. The molecule has 2 rings (SSSR count). The Kier molecular flexibility index (Phi) is 5.30. The highest BCUT2D eigenvalue weighted by atomic mass is 79.9. The Hall–Kier alpha value is -1.47. The van der Waals surface area contributed by atoms with Gasteiger partial charge in [0.15, 0.2) is 0 Å². The lowest BCUT2D eigenvalue weighted by Crippen LogP contribution is -2.40. The molecule has 0 spiro atoms. The zero-order valence-electron chi connectivity index (χ0n) is 11.4. The van der Waals surface area contributed by atoms with Gasteiger partial charge in [0, 0.05) is 17.3 Å². The second kappa shape index (κ2) is 7.00. The standard InChI is InChI=1S/C14H15BrN2O3S/c1-2-9(14(19)20)16-12(18)5-6-13-17-10-7-8(15)3-4-11(10)21-13/h3-4,7,9H,2,5-6H2,1H3,(H,16,18)(H,19,20). The highest BCUT2D eigenvalue weighted by molar-refractivity contribution is 9.10. The van der Waals surface area contributed by atoms with Gasteiger partial charge in [0.05, 0.1) is 15.2 Å². The van der Waals surface area contributed by atoms with E-state index in [0.29, 0.717) is 12.8 Å². The summed E-state index contributed by atoms with van der Waals surface area (Å²) in [7, 11) is 0. The number of hydrogen-bond acceptors (Lipinski definition) is 4. The Morgan fingerprint density at radius 2 is 2.24 bits per heavy atom. The predicted molar refractivity (Wildman–Crippen MR) is 85.5 cm³/mol. The average molecular weight is 371 g/mol. The molecule has 1 atom stereocenters. The van der Waals surface area contributed by atoms with Gasteiger partial charge in [0.2, 0.25) is 5.91 Å². The van der Waals surface area contributed by atoms with Gasteiger partial charge in [-0.1, -0.05) is 22.9 Å². The molecule has 0 aliphatic carbocycles. The number of amides is 1. The average Bonchev–Trinajstić information content (AvgIpc) is 2.84. The zero-order chi connectivity index (χ0) is 15.4. The largest absolute Gasteiger partial charge is 0.480 e. The molecule has 0 bridgehead atoms. The molecule has 1 amide bonds. The van der Waals surface area contributed by atoms with E-state index in [1.807, 2.05) is 18.2 Å². The van der Waals surface area contributed by atoms with E-state index in [1.54, 1.807) is 18.3 Å². The number of aryl methyl sites for hydroxylation is 1. The van der Waals surface area contributed by atoms with E-state index < -0.39 is 12.0 Å². The first-order valence-electron chi connectivity index (χ1n) is 6.56. The van der Waals surface area contributed by atoms with E-state index in [1.165, 1.54) is 0 Å². The van der Waals surface area contributed by atoms with Crippen LogP contribution in [0.2, 0.25) is 0 Å². The van der Waals surface area contributed by atoms with Crippen molar-refractivity contribution >= 4 is 49.4 Å². The molecule has 0 fully saturated rings. The first kappa shape index (κ1) is 15.9. The van der Waals surface area contributed by atoms with Gasteiger partial charge >= 0.3 is 5.97 Å². The predicted octanol–water partition coefficient (Wildman–Crippen LogP) is 2.97. The number of hydrogen-bond donors (Lipinski definition) is 2. The number of thiazole rings is 1. The molecule has 2 aromatic rings. The Balaban J connectivity index is 1.95. The second-order valence-corrected chi connectivity index (χ2v) is 6.62. The van der Waals surface area contributed by atoms with Crippen LogP contribution in [0.25, 0.3) is 10.2 Å². The fourth-order valence-corrected chi connectivity index (χ4v) is 3.18. The number of aromatic nitrogens is 1. The molecule has 5 nitrogen and oxygen atoms in total. The second-order valence-electron chi connectivity index (χ2n) is 4.59. The number of carboxylic acids is 1. The molecular weight excluding hydrogens is 356 g/mol. The monoisotopic (exact) mass is 370 g/mol. The molecule has 1 aromatic heterocycles. The first-order valence-corrected chi connectivity index (χ1v) is 8.17. The van der Waals surface area contributed by atoms with E-state index in [-0.39, 0.29) is 12.3 Å². The number of rotatable bonds is 6. The van der Waals surface area contributed by atoms with Crippen molar-refractivity contribution in [2.24, 2.45) is 0 Å². The van der Waals surface area contributed by atoms with Crippen LogP contribution in [0, 0.1) is 0 Å². The van der Waals surface area contributed by atoms with Crippen LogP contribution in [0.1, 0.15) is 24.8 Å². The number of nitrogens with one attached hydrogen (secondary N) is 1. The minimum Gasteiger partial charge on any atom is -0.480 e. The third kappa shape index (κ3) is 4.25. The van der Waals surface area contributed by atoms with Gasteiger partial charge in [-0.2, -0.15) is 0 Å². The van der Waals surface area contributed by atoms with Crippen LogP contribution >= 0.6 is 27.3 Å². The van der Waals surface area contributed by atoms with Gasteiger partial charge in [-0.3, -0.25) is 4.79 Å². The van der Waals surface area contributed by atoms with Crippen LogP contribution in [-0.2, 0) is 16.0 Å². The van der Waals surface area contributed by atoms with Gasteiger partial charge in [-0.05, 0) is 24.6 Å².